The number of carboxylic acids is 1. The summed E-state index contributed by atoms with van der Waals surface area (Å²) in [5, 5.41) is 11.6. The number of hydrogen-bond donors (Lipinski definition) is 1. The highest BCUT2D eigenvalue weighted by Crippen LogP contribution is 2.24. The molecule has 2 aliphatic heterocycles. The number of rotatable bonds is 3. The van der Waals surface area contributed by atoms with Gasteiger partial charge >= 0.3 is 12.1 Å². The van der Waals surface area contributed by atoms with E-state index in [2.05, 4.69) is 14.7 Å². The Morgan fingerprint density at radius 3 is 2.46 bits per heavy atom. The molecule has 1 N–H and O–H groups in total. The second-order valence-corrected chi connectivity index (χ2v) is 6.46. The molecule has 1 saturated heterocycles. The number of hydrogen-bond acceptors (Lipinski definition) is 4. The number of carboxylic acid groups (broad SMARTS) is 1. The second-order valence-electron chi connectivity index (χ2n) is 6.46. The summed E-state index contributed by atoms with van der Waals surface area (Å²) >= 11 is 0. The largest absolute Gasteiger partial charge is 0.490 e. The van der Waals surface area contributed by atoms with Crippen LogP contribution in [0.2, 0.25) is 0 Å². The molecule has 1 atom stereocenters. The Balaban J connectivity index is 0.000000298. The number of likely N-dealkylation sites (tertiary alicyclic amines) is 1. The minimum absolute atomic E-state index is 0.165. The number of halogens is 3. The Morgan fingerprint density at radius 1 is 1.31 bits per heavy atom. The maximum absolute atomic E-state index is 11.6. The lowest BCUT2D eigenvalue weighted by Crippen LogP contribution is -2.41. The summed E-state index contributed by atoms with van der Waals surface area (Å²) in [7, 11) is 0. The van der Waals surface area contributed by atoms with Gasteiger partial charge in [-0.05, 0) is 38.4 Å². The quantitative estimate of drug-likeness (QED) is 0.872. The SMILES string of the molecule is CC(=O)N1Cc2ccnn2C(CCN2CCCC2)C1.O=C(O)C(F)(F)F. The molecule has 0 bridgehead atoms. The third kappa shape index (κ3) is 5.45. The first-order valence-electron chi connectivity index (χ1n) is 8.49. The van der Waals surface area contributed by atoms with Gasteiger partial charge in [-0.3, -0.25) is 9.48 Å². The van der Waals surface area contributed by atoms with Crippen molar-refractivity contribution in [2.75, 3.05) is 26.2 Å². The zero-order chi connectivity index (χ0) is 19.3. The molecule has 1 amide bonds. The van der Waals surface area contributed by atoms with Crippen LogP contribution >= 0.6 is 0 Å². The summed E-state index contributed by atoms with van der Waals surface area (Å²) in [5.41, 5.74) is 1.16. The summed E-state index contributed by atoms with van der Waals surface area (Å²) in [6.07, 6.45) is 0.509. The molecule has 0 aromatic carbocycles. The van der Waals surface area contributed by atoms with E-state index < -0.39 is 12.1 Å². The first-order chi connectivity index (χ1) is 12.2. The lowest BCUT2D eigenvalue weighted by Gasteiger charge is -2.34. The van der Waals surface area contributed by atoms with Gasteiger partial charge in [0, 0.05) is 26.2 Å². The van der Waals surface area contributed by atoms with Crippen LogP contribution in [0.25, 0.3) is 0 Å². The van der Waals surface area contributed by atoms with E-state index in [4.69, 9.17) is 9.90 Å². The third-order valence-corrected chi connectivity index (χ3v) is 4.55. The molecule has 26 heavy (non-hydrogen) atoms. The fourth-order valence-electron chi connectivity index (χ4n) is 3.18. The van der Waals surface area contributed by atoms with Crippen molar-refractivity contribution in [1.29, 1.82) is 0 Å². The fourth-order valence-corrected chi connectivity index (χ4v) is 3.18. The van der Waals surface area contributed by atoms with Crippen molar-refractivity contribution < 1.29 is 27.9 Å². The summed E-state index contributed by atoms with van der Waals surface area (Å²) in [6, 6.07) is 2.36. The van der Waals surface area contributed by atoms with Crippen molar-refractivity contribution in [1.82, 2.24) is 19.6 Å². The Kier molecular flexibility index (Phi) is 6.63. The molecular formula is C16H23F3N4O3. The normalized spacial score (nSPS) is 20.3. The van der Waals surface area contributed by atoms with Crippen LogP contribution in [-0.2, 0) is 16.1 Å². The lowest BCUT2D eigenvalue weighted by atomic mass is 10.1. The van der Waals surface area contributed by atoms with Crippen LogP contribution in [0.4, 0.5) is 13.2 Å². The average molecular weight is 376 g/mol. The van der Waals surface area contributed by atoms with Crippen LogP contribution in [0, 0.1) is 0 Å². The zero-order valence-electron chi connectivity index (χ0n) is 14.6. The van der Waals surface area contributed by atoms with Gasteiger partial charge in [0.15, 0.2) is 0 Å². The van der Waals surface area contributed by atoms with Gasteiger partial charge in [0.25, 0.3) is 0 Å². The average Bonchev–Trinajstić information content (AvgIpc) is 3.23. The number of carbonyl (C=O) groups excluding carboxylic acids is 1. The maximum atomic E-state index is 11.6. The van der Waals surface area contributed by atoms with Crippen molar-refractivity contribution in [2.24, 2.45) is 0 Å². The first-order valence-corrected chi connectivity index (χ1v) is 8.49. The zero-order valence-corrected chi connectivity index (χ0v) is 14.6. The van der Waals surface area contributed by atoms with Crippen LogP contribution in [0.1, 0.15) is 37.9 Å². The topological polar surface area (TPSA) is 78.7 Å². The Morgan fingerprint density at radius 2 is 1.92 bits per heavy atom. The molecule has 0 radical (unpaired) electrons. The smallest absolute Gasteiger partial charge is 0.475 e. The van der Waals surface area contributed by atoms with Gasteiger partial charge in [0.05, 0.1) is 18.3 Å². The minimum Gasteiger partial charge on any atom is -0.475 e. The molecule has 10 heteroatoms. The Labute approximate surface area is 149 Å². The first kappa shape index (κ1) is 20.2. The second kappa shape index (κ2) is 8.52. The van der Waals surface area contributed by atoms with E-state index in [0.29, 0.717) is 12.6 Å². The fraction of sp³-hybridized carbons (Fsp3) is 0.688. The molecule has 1 unspecified atom stereocenters. The van der Waals surface area contributed by atoms with Gasteiger partial charge in [-0.2, -0.15) is 18.3 Å². The van der Waals surface area contributed by atoms with Gasteiger partial charge in [0.1, 0.15) is 0 Å². The predicted molar refractivity (Wildman–Crippen MR) is 86.3 cm³/mol. The molecule has 1 fully saturated rings. The summed E-state index contributed by atoms with van der Waals surface area (Å²) < 4.78 is 33.9. The van der Waals surface area contributed by atoms with Crippen molar-refractivity contribution in [3.05, 3.63) is 18.0 Å². The number of carbonyl (C=O) groups is 2. The number of alkyl halides is 3. The maximum Gasteiger partial charge on any atom is 0.490 e. The van der Waals surface area contributed by atoms with Crippen molar-refractivity contribution in [3.8, 4) is 0 Å². The number of fused-ring (bicyclic) bond motifs is 1. The molecule has 146 valence electrons. The van der Waals surface area contributed by atoms with Gasteiger partial charge in [0.2, 0.25) is 5.91 Å². The highest BCUT2D eigenvalue weighted by molar-refractivity contribution is 5.73. The number of aromatic nitrogens is 2. The van der Waals surface area contributed by atoms with Gasteiger partial charge in [-0.15, -0.1) is 0 Å². The monoisotopic (exact) mass is 376 g/mol. The highest BCUT2D eigenvalue weighted by atomic mass is 19.4. The van der Waals surface area contributed by atoms with Crippen molar-refractivity contribution in [3.63, 3.8) is 0 Å². The molecule has 3 heterocycles. The highest BCUT2D eigenvalue weighted by Gasteiger charge is 2.38. The summed E-state index contributed by atoms with van der Waals surface area (Å²) in [5.74, 6) is -2.59. The number of aliphatic carboxylic acids is 1. The van der Waals surface area contributed by atoms with E-state index in [1.54, 1.807) is 6.92 Å². The summed E-state index contributed by atoms with van der Waals surface area (Å²) in [6.45, 7) is 6.75. The number of nitrogens with zero attached hydrogens (tertiary/aromatic N) is 4. The van der Waals surface area contributed by atoms with Crippen LogP contribution in [0.15, 0.2) is 12.3 Å². The van der Waals surface area contributed by atoms with E-state index in [-0.39, 0.29) is 5.91 Å². The number of amides is 1. The molecule has 0 aliphatic carbocycles. The van der Waals surface area contributed by atoms with Gasteiger partial charge in [-0.1, -0.05) is 0 Å². The van der Waals surface area contributed by atoms with Crippen molar-refractivity contribution >= 4 is 11.9 Å². The van der Waals surface area contributed by atoms with E-state index in [9.17, 15) is 18.0 Å². The Hall–Kier alpha value is -2.10. The van der Waals surface area contributed by atoms with Gasteiger partial charge in [-0.25, -0.2) is 4.79 Å². The molecule has 3 rings (SSSR count). The van der Waals surface area contributed by atoms with E-state index in [1.807, 2.05) is 17.2 Å². The standard InChI is InChI=1S/C14H22N4O.C2HF3O2/c1-12(19)17-10-13-4-6-15-18(13)14(11-17)5-9-16-7-2-3-8-16;3-2(4,5)1(6)7/h4,6,14H,2-3,5,7-11H2,1H3;(H,6,7). The summed E-state index contributed by atoms with van der Waals surface area (Å²) in [4.78, 5) is 25.0. The Bertz CT molecular complexity index is 627. The molecule has 1 aromatic heterocycles. The minimum atomic E-state index is -5.08. The molecule has 0 saturated carbocycles. The van der Waals surface area contributed by atoms with Crippen LogP contribution < -0.4 is 0 Å². The van der Waals surface area contributed by atoms with Crippen LogP contribution in [-0.4, -0.2) is 68.9 Å². The molecule has 7 nitrogen and oxygen atoms in total. The molecule has 1 aromatic rings. The van der Waals surface area contributed by atoms with E-state index >= 15 is 0 Å². The van der Waals surface area contributed by atoms with Gasteiger partial charge < -0.3 is 14.9 Å². The molecule has 0 spiro atoms. The van der Waals surface area contributed by atoms with Crippen molar-refractivity contribution in [2.45, 2.75) is 44.9 Å². The van der Waals surface area contributed by atoms with E-state index in [0.717, 1.165) is 25.2 Å². The van der Waals surface area contributed by atoms with E-state index in [1.165, 1.54) is 25.9 Å². The third-order valence-electron chi connectivity index (χ3n) is 4.55. The van der Waals surface area contributed by atoms with Crippen LogP contribution in [0.3, 0.4) is 0 Å². The predicted octanol–water partition coefficient (Wildman–Crippen LogP) is 1.91. The lowest BCUT2D eigenvalue weighted by molar-refractivity contribution is -0.192. The molecule has 2 aliphatic rings. The van der Waals surface area contributed by atoms with Crippen LogP contribution in [0.5, 0.6) is 0 Å². The molecular weight excluding hydrogens is 353 g/mol.